The highest BCUT2D eigenvalue weighted by Gasteiger charge is 2.34. The Morgan fingerprint density at radius 2 is 1.86 bits per heavy atom. The van der Waals surface area contributed by atoms with Gasteiger partial charge in [-0.25, -0.2) is 4.79 Å². The molecule has 1 aromatic rings. The van der Waals surface area contributed by atoms with Crippen molar-refractivity contribution in [1.82, 2.24) is 4.90 Å². The van der Waals surface area contributed by atoms with Crippen LogP contribution in [0.3, 0.4) is 0 Å². The van der Waals surface area contributed by atoms with Gasteiger partial charge in [0.2, 0.25) is 0 Å². The summed E-state index contributed by atoms with van der Waals surface area (Å²) >= 11 is 0. The van der Waals surface area contributed by atoms with E-state index in [1.807, 2.05) is 30.3 Å². The fourth-order valence-electron chi connectivity index (χ4n) is 1.82. The molecule has 7 heteroatoms. The normalized spacial score (nSPS) is 14.2. The lowest BCUT2D eigenvalue weighted by atomic mass is 10.2. The van der Waals surface area contributed by atoms with Crippen molar-refractivity contribution in [3.8, 4) is 0 Å². The maximum atomic E-state index is 11.7. The molecule has 0 spiro atoms. The Hall–Kier alpha value is -2.57. The summed E-state index contributed by atoms with van der Waals surface area (Å²) in [5, 5.41) is 8.42. The largest absolute Gasteiger partial charge is 0.481 e. The second kappa shape index (κ2) is 6.74. The summed E-state index contributed by atoms with van der Waals surface area (Å²) in [6, 6.07) is 9.27. The van der Waals surface area contributed by atoms with Gasteiger partial charge in [0.25, 0.3) is 0 Å². The molecule has 0 bridgehead atoms. The number of likely N-dealkylation sites (tertiary alicyclic amines) is 1. The van der Waals surface area contributed by atoms with E-state index in [0.717, 1.165) is 5.56 Å². The molecular formula is C14H15NO6. The second-order valence-electron chi connectivity index (χ2n) is 4.63. The summed E-state index contributed by atoms with van der Waals surface area (Å²) in [6.07, 6.45) is -1.61. The zero-order valence-electron chi connectivity index (χ0n) is 11.2. The van der Waals surface area contributed by atoms with Crippen LogP contribution in [0.1, 0.15) is 12.0 Å². The highest BCUT2D eigenvalue weighted by Crippen LogP contribution is 2.14. The third kappa shape index (κ3) is 4.48. The van der Waals surface area contributed by atoms with E-state index in [2.05, 4.69) is 0 Å². The minimum atomic E-state index is -1.24. The van der Waals surface area contributed by atoms with E-state index in [0.29, 0.717) is 0 Å². The molecular weight excluding hydrogens is 278 g/mol. The molecule has 1 heterocycles. The van der Waals surface area contributed by atoms with Crippen LogP contribution >= 0.6 is 0 Å². The number of ether oxygens (including phenoxy) is 2. The fourth-order valence-corrected chi connectivity index (χ4v) is 1.82. The van der Waals surface area contributed by atoms with Gasteiger partial charge in [-0.05, 0) is 5.56 Å². The van der Waals surface area contributed by atoms with Crippen molar-refractivity contribution in [2.45, 2.75) is 19.1 Å². The first-order valence-electron chi connectivity index (χ1n) is 6.41. The highest BCUT2D eigenvalue weighted by molar-refractivity contribution is 5.90. The van der Waals surface area contributed by atoms with Gasteiger partial charge in [-0.2, -0.15) is 0 Å². The van der Waals surface area contributed by atoms with Gasteiger partial charge in [0, 0.05) is 0 Å². The third-order valence-corrected chi connectivity index (χ3v) is 2.91. The van der Waals surface area contributed by atoms with Crippen molar-refractivity contribution in [2.24, 2.45) is 0 Å². The van der Waals surface area contributed by atoms with Gasteiger partial charge < -0.3 is 19.5 Å². The van der Waals surface area contributed by atoms with Crippen LogP contribution in [-0.2, 0) is 25.7 Å². The Labute approximate surface area is 121 Å². The van der Waals surface area contributed by atoms with E-state index in [1.165, 1.54) is 4.90 Å². The van der Waals surface area contributed by atoms with Crippen molar-refractivity contribution in [2.75, 3.05) is 13.1 Å². The average Bonchev–Trinajstić information content (AvgIpc) is 2.40. The highest BCUT2D eigenvalue weighted by atomic mass is 16.6. The number of carbonyl (C=O) groups is 3. The van der Waals surface area contributed by atoms with Gasteiger partial charge in [-0.3, -0.25) is 9.59 Å². The van der Waals surface area contributed by atoms with Gasteiger partial charge in [0.15, 0.2) is 0 Å². The minimum absolute atomic E-state index is 0.180. The second-order valence-corrected chi connectivity index (χ2v) is 4.63. The number of hydrogen-bond donors (Lipinski definition) is 1. The number of nitrogens with zero attached hydrogens (tertiary/aromatic N) is 1. The number of esters is 1. The number of amides is 1. The van der Waals surface area contributed by atoms with Crippen LogP contribution in [0.4, 0.5) is 4.79 Å². The zero-order valence-corrected chi connectivity index (χ0v) is 11.2. The quantitative estimate of drug-likeness (QED) is 0.643. The van der Waals surface area contributed by atoms with Crippen molar-refractivity contribution >= 4 is 18.0 Å². The molecule has 21 heavy (non-hydrogen) atoms. The smallest absolute Gasteiger partial charge is 0.410 e. The number of carbonyl (C=O) groups excluding carboxylic acids is 2. The first-order chi connectivity index (χ1) is 10.0. The molecule has 0 aromatic heterocycles. The molecule has 0 atom stereocenters. The van der Waals surface area contributed by atoms with E-state index in [-0.39, 0.29) is 19.7 Å². The summed E-state index contributed by atoms with van der Waals surface area (Å²) in [5.74, 6) is -2.04. The molecule has 7 nitrogen and oxygen atoms in total. The lowest BCUT2D eigenvalue weighted by Gasteiger charge is -2.37. The van der Waals surface area contributed by atoms with Gasteiger partial charge >= 0.3 is 18.0 Å². The molecule has 1 fully saturated rings. The van der Waals surface area contributed by atoms with Crippen LogP contribution in [0.5, 0.6) is 0 Å². The third-order valence-electron chi connectivity index (χ3n) is 2.91. The molecule has 0 aliphatic carbocycles. The van der Waals surface area contributed by atoms with E-state index in [9.17, 15) is 14.4 Å². The Bertz CT molecular complexity index is 524. The van der Waals surface area contributed by atoms with Crippen LogP contribution in [-0.4, -0.2) is 47.2 Å². The summed E-state index contributed by atoms with van der Waals surface area (Å²) in [5.41, 5.74) is 0.885. The topological polar surface area (TPSA) is 93.1 Å². The molecule has 0 unspecified atom stereocenters. The lowest BCUT2D eigenvalue weighted by Crippen LogP contribution is -2.55. The molecule has 1 N–H and O–H groups in total. The van der Waals surface area contributed by atoms with Gasteiger partial charge in [0.05, 0.1) is 13.1 Å². The Balaban J connectivity index is 1.66. The molecule has 112 valence electrons. The van der Waals surface area contributed by atoms with Gasteiger partial charge in [-0.1, -0.05) is 30.3 Å². The Morgan fingerprint density at radius 1 is 1.19 bits per heavy atom. The number of benzene rings is 1. The number of carboxylic acid groups (broad SMARTS) is 1. The Morgan fingerprint density at radius 3 is 2.48 bits per heavy atom. The fraction of sp³-hybridized carbons (Fsp3) is 0.357. The number of rotatable bonds is 5. The SMILES string of the molecule is O=C(O)CC(=O)OC1CN(C(=O)OCc2ccccc2)C1. The number of carboxylic acids is 1. The van der Waals surface area contributed by atoms with E-state index < -0.39 is 30.6 Å². The minimum Gasteiger partial charge on any atom is -0.481 e. The first kappa shape index (κ1) is 14.8. The van der Waals surface area contributed by atoms with Crippen LogP contribution in [0.15, 0.2) is 30.3 Å². The molecule has 1 saturated heterocycles. The van der Waals surface area contributed by atoms with Crippen molar-refractivity contribution in [1.29, 1.82) is 0 Å². The maximum Gasteiger partial charge on any atom is 0.410 e. The van der Waals surface area contributed by atoms with E-state index >= 15 is 0 Å². The monoisotopic (exact) mass is 293 g/mol. The molecule has 0 radical (unpaired) electrons. The maximum absolute atomic E-state index is 11.7. The summed E-state index contributed by atoms with van der Waals surface area (Å²) in [7, 11) is 0. The Kier molecular flexibility index (Phi) is 4.76. The molecule has 1 aliphatic heterocycles. The van der Waals surface area contributed by atoms with Crippen LogP contribution in [0.25, 0.3) is 0 Å². The average molecular weight is 293 g/mol. The van der Waals surface area contributed by atoms with Crippen LogP contribution in [0.2, 0.25) is 0 Å². The van der Waals surface area contributed by atoms with Crippen LogP contribution in [0, 0.1) is 0 Å². The predicted octanol–water partition coefficient (Wildman–Crippen LogP) is 1.03. The van der Waals surface area contributed by atoms with Crippen molar-refractivity contribution in [3.63, 3.8) is 0 Å². The molecule has 0 saturated carbocycles. The molecule has 1 aliphatic rings. The van der Waals surface area contributed by atoms with E-state index in [1.54, 1.807) is 0 Å². The standard InChI is InChI=1S/C14H15NO6/c16-12(17)6-13(18)21-11-7-15(8-11)14(19)20-9-10-4-2-1-3-5-10/h1-5,11H,6-9H2,(H,16,17). The van der Waals surface area contributed by atoms with Crippen LogP contribution < -0.4 is 0 Å². The molecule has 1 amide bonds. The number of hydrogen-bond acceptors (Lipinski definition) is 5. The lowest BCUT2D eigenvalue weighted by molar-refractivity contribution is -0.160. The zero-order chi connectivity index (χ0) is 15.2. The summed E-state index contributed by atoms with van der Waals surface area (Å²) in [4.78, 5) is 34.5. The van der Waals surface area contributed by atoms with E-state index in [4.69, 9.17) is 14.6 Å². The van der Waals surface area contributed by atoms with Gasteiger partial charge in [-0.15, -0.1) is 0 Å². The number of aliphatic carboxylic acids is 1. The summed E-state index contributed by atoms with van der Waals surface area (Å²) < 4.78 is 9.97. The molecule has 2 rings (SSSR count). The predicted molar refractivity (Wildman–Crippen MR) is 70.3 cm³/mol. The van der Waals surface area contributed by atoms with Crippen molar-refractivity contribution < 1.29 is 29.0 Å². The first-order valence-corrected chi connectivity index (χ1v) is 6.41. The molecule has 1 aromatic carbocycles. The van der Waals surface area contributed by atoms with Crippen molar-refractivity contribution in [3.05, 3.63) is 35.9 Å². The summed E-state index contributed by atoms with van der Waals surface area (Å²) in [6.45, 7) is 0.623. The van der Waals surface area contributed by atoms with Gasteiger partial charge in [0.1, 0.15) is 19.1 Å².